The van der Waals surface area contributed by atoms with Crippen molar-refractivity contribution in [2.45, 2.75) is 17.2 Å². The summed E-state index contributed by atoms with van der Waals surface area (Å²) < 4.78 is 24.2. The lowest BCUT2D eigenvalue weighted by molar-refractivity contribution is 0.562. The average Bonchev–Trinajstić information content (AvgIpc) is 2.48. The van der Waals surface area contributed by atoms with E-state index < -0.39 is 9.84 Å². The van der Waals surface area contributed by atoms with Gasteiger partial charge >= 0.3 is 0 Å². The molecule has 101 valence electrons. The summed E-state index contributed by atoms with van der Waals surface area (Å²) >= 11 is 0. The first-order valence-electron chi connectivity index (χ1n) is 6.41. The Kier molecular flexibility index (Phi) is 3.18. The third-order valence-corrected chi connectivity index (χ3v) is 5.55. The van der Waals surface area contributed by atoms with Crippen LogP contribution in [0.4, 0.5) is 0 Å². The van der Waals surface area contributed by atoms with Crippen LogP contribution in [0.25, 0.3) is 0 Å². The topological polar surface area (TPSA) is 51.2 Å². The Bertz CT molecular complexity index is 746. The molecule has 0 aliphatic carbocycles. The van der Waals surface area contributed by atoms with Crippen molar-refractivity contribution >= 4 is 16.1 Å². The van der Waals surface area contributed by atoms with Gasteiger partial charge in [-0.1, -0.05) is 42.5 Å². The summed E-state index contributed by atoms with van der Waals surface area (Å²) in [5.74, 6) is 0.228. The molecule has 0 spiro atoms. The van der Waals surface area contributed by atoms with E-state index in [9.17, 15) is 13.2 Å². The zero-order valence-electron chi connectivity index (χ0n) is 10.7. The highest BCUT2D eigenvalue weighted by Crippen LogP contribution is 2.37. The second-order valence-electron chi connectivity index (χ2n) is 4.92. The van der Waals surface area contributed by atoms with Gasteiger partial charge in [0.2, 0.25) is 6.29 Å². The second-order valence-corrected chi connectivity index (χ2v) is 7.00. The van der Waals surface area contributed by atoms with Gasteiger partial charge in [-0.05, 0) is 23.6 Å². The molecule has 0 amide bonds. The third-order valence-electron chi connectivity index (χ3n) is 3.74. The van der Waals surface area contributed by atoms with Crippen LogP contribution in [0.15, 0.2) is 53.4 Å². The van der Waals surface area contributed by atoms with E-state index >= 15 is 0 Å². The molecule has 0 saturated carbocycles. The van der Waals surface area contributed by atoms with Gasteiger partial charge in [-0.15, -0.1) is 0 Å². The van der Waals surface area contributed by atoms with E-state index in [0.717, 1.165) is 11.1 Å². The highest BCUT2D eigenvalue weighted by molar-refractivity contribution is 7.91. The fraction of sp³-hybridized carbons (Fsp3) is 0.188. The molecule has 1 aliphatic rings. The Morgan fingerprint density at radius 3 is 2.40 bits per heavy atom. The molecule has 0 N–H and O–H groups in total. The van der Waals surface area contributed by atoms with Crippen molar-refractivity contribution in [2.75, 3.05) is 5.75 Å². The maximum Gasteiger partial charge on any atom is 0.233 e. The predicted molar refractivity (Wildman–Crippen MR) is 76.2 cm³/mol. The van der Waals surface area contributed by atoms with Gasteiger partial charge in [-0.3, -0.25) is 4.79 Å². The molecule has 0 saturated heterocycles. The standard InChI is InChI=1S/C16H13O3S/c17-11-12-5-7-13(8-6-12)14-9-10-20(18,19)16-4-2-1-3-15(14)16/h1-8,14H,9-10H2. The molecule has 3 nitrogen and oxygen atoms in total. The van der Waals surface area contributed by atoms with Crippen molar-refractivity contribution in [2.24, 2.45) is 0 Å². The molecule has 1 atom stereocenters. The van der Waals surface area contributed by atoms with E-state index in [1.54, 1.807) is 24.3 Å². The maximum absolute atomic E-state index is 12.1. The number of hydrogen-bond donors (Lipinski definition) is 0. The van der Waals surface area contributed by atoms with Crippen LogP contribution < -0.4 is 0 Å². The number of rotatable bonds is 2. The Morgan fingerprint density at radius 1 is 1.00 bits per heavy atom. The summed E-state index contributed by atoms with van der Waals surface area (Å²) in [6, 6.07) is 14.3. The average molecular weight is 285 g/mol. The first kappa shape index (κ1) is 13.1. The lowest BCUT2D eigenvalue weighted by atomic mass is 9.88. The highest BCUT2D eigenvalue weighted by atomic mass is 32.2. The van der Waals surface area contributed by atoms with E-state index in [1.807, 2.05) is 30.6 Å². The molecular formula is C16H13O3S. The third kappa shape index (κ3) is 2.16. The number of sulfone groups is 1. The molecule has 2 aromatic rings. The normalized spacial score (nSPS) is 20.1. The van der Waals surface area contributed by atoms with Crippen LogP contribution in [0.1, 0.15) is 29.0 Å². The monoisotopic (exact) mass is 285 g/mol. The minimum Gasteiger partial charge on any atom is -0.285 e. The van der Waals surface area contributed by atoms with E-state index in [1.165, 1.54) is 0 Å². The smallest absolute Gasteiger partial charge is 0.233 e. The van der Waals surface area contributed by atoms with Crippen molar-refractivity contribution in [3.8, 4) is 0 Å². The fourth-order valence-electron chi connectivity index (χ4n) is 2.72. The number of fused-ring (bicyclic) bond motifs is 1. The molecule has 3 rings (SSSR count). The molecule has 0 aromatic heterocycles. The SMILES string of the molecule is O=[C]c1ccc(C2CCS(=O)(=O)c3ccccc32)cc1. The Morgan fingerprint density at radius 2 is 1.70 bits per heavy atom. The second kappa shape index (κ2) is 4.87. The molecule has 1 aliphatic heterocycles. The molecule has 0 fully saturated rings. The van der Waals surface area contributed by atoms with Crippen molar-refractivity contribution < 1.29 is 13.2 Å². The molecule has 2 aromatic carbocycles. The lowest BCUT2D eigenvalue weighted by Gasteiger charge is -2.25. The van der Waals surface area contributed by atoms with Gasteiger partial charge < -0.3 is 0 Å². The van der Waals surface area contributed by atoms with Gasteiger partial charge in [-0.25, -0.2) is 8.42 Å². The van der Waals surface area contributed by atoms with Crippen molar-refractivity contribution in [1.29, 1.82) is 0 Å². The van der Waals surface area contributed by atoms with Crippen LogP contribution in [-0.2, 0) is 14.6 Å². The molecule has 1 unspecified atom stereocenters. The molecule has 0 bridgehead atoms. The predicted octanol–water partition coefficient (Wildman–Crippen LogP) is 2.45. The molecule has 20 heavy (non-hydrogen) atoms. The van der Waals surface area contributed by atoms with Gasteiger partial charge in [0.1, 0.15) is 0 Å². The largest absolute Gasteiger partial charge is 0.285 e. The van der Waals surface area contributed by atoms with Crippen LogP contribution in [0.2, 0.25) is 0 Å². The first-order chi connectivity index (χ1) is 9.62. The zero-order chi connectivity index (χ0) is 14.2. The lowest BCUT2D eigenvalue weighted by Crippen LogP contribution is -2.20. The van der Waals surface area contributed by atoms with Crippen LogP contribution >= 0.6 is 0 Å². The molecule has 1 heterocycles. The Balaban J connectivity index is 2.09. The minimum absolute atomic E-state index is 0.0652. The summed E-state index contributed by atoms with van der Waals surface area (Å²) in [7, 11) is -3.16. The number of benzene rings is 2. The summed E-state index contributed by atoms with van der Waals surface area (Å²) in [4.78, 5) is 11.0. The van der Waals surface area contributed by atoms with E-state index in [0.29, 0.717) is 16.9 Å². The maximum atomic E-state index is 12.1. The van der Waals surface area contributed by atoms with Crippen molar-refractivity contribution in [1.82, 2.24) is 0 Å². The quantitative estimate of drug-likeness (QED) is 0.851. The first-order valence-corrected chi connectivity index (χ1v) is 8.07. The van der Waals surface area contributed by atoms with Gasteiger partial charge in [0.25, 0.3) is 0 Å². The van der Waals surface area contributed by atoms with Gasteiger partial charge in [0, 0.05) is 11.5 Å². The number of hydrogen-bond acceptors (Lipinski definition) is 3. The minimum atomic E-state index is -3.16. The van der Waals surface area contributed by atoms with Crippen LogP contribution in [0.5, 0.6) is 0 Å². The van der Waals surface area contributed by atoms with E-state index in [2.05, 4.69) is 0 Å². The van der Waals surface area contributed by atoms with E-state index in [-0.39, 0.29) is 11.7 Å². The van der Waals surface area contributed by atoms with E-state index in [4.69, 9.17) is 0 Å². The van der Waals surface area contributed by atoms with Crippen LogP contribution in [-0.4, -0.2) is 20.5 Å². The molecule has 4 heteroatoms. The van der Waals surface area contributed by atoms with Crippen LogP contribution in [0.3, 0.4) is 0 Å². The molecular weight excluding hydrogens is 272 g/mol. The number of carbonyl (C=O) groups excluding carboxylic acids is 1. The fourth-order valence-corrected chi connectivity index (χ4v) is 4.34. The van der Waals surface area contributed by atoms with Gasteiger partial charge in [-0.2, -0.15) is 0 Å². The summed E-state index contributed by atoms with van der Waals surface area (Å²) in [6.45, 7) is 0. The Hall–Kier alpha value is -1.94. The highest BCUT2D eigenvalue weighted by Gasteiger charge is 2.30. The zero-order valence-corrected chi connectivity index (χ0v) is 11.6. The van der Waals surface area contributed by atoms with Gasteiger partial charge in [0.15, 0.2) is 9.84 Å². The van der Waals surface area contributed by atoms with Gasteiger partial charge in [0.05, 0.1) is 10.6 Å². The Labute approximate surface area is 118 Å². The summed E-state index contributed by atoms with van der Waals surface area (Å²) in [5.41, 5.74) is 2.39. The van der Waals surface area contributed by atoms with Crippen molar-refractivity contribution in [3.63, 3.8) is 0 Å². The summed E-state index contributed by atoms with van der Waals surface area (Å²) in [5, 5.41) is 0. The molecule has 1 radical (unpaired) electrons. The van der Waals surface area contributed by atoms with Crippen molar-refractivity contribution in [3.05, 3.63) is 65.2 Å². The van der Waals surface area contributed by atoms with Crippen LogP contribution in [0, 0.1) is 0 Å². The summed E-state index contributed by atoms with van der Waals surface area (Å²) in [6.07, 6.45) is 2.42.